The smallest absolute Gasteiger partial charge is 0.306 e. The number of likely N-dealkylation sites (N-methyl/N-ethyl adjacent to an activating group) is 1. The molecule has 1 unspecified atom stereocenters. The average Bonchev–Trinajstić information content (AvgIpc) is 2.49. The molecule has 1 amide bonds. The van der Waals surface area contributed by atoms with Crippen LogP contribution in [0.25, 0.3) is 0 Å². The van der Waals surface area contributed by atoms with E-state index in [4.69, 9.17) is 5.11 Å². The number of likely N-dealkylation sites (tertiary alicyclic amines) is 1. The Morgan fingerprint density at radius 1 is 1.32 bits per heavy atom. The van der Waals surface area contributed by atoms with Crippen LogP contribution in [0.2, 0.25) is 0 Å². The summed E-state index contributed by atoms with van der Waals surface area (Å²) in [5, 5.41) is 11.9. The fourth-order valence-electron chi connectivity index (χ4n) is 2.80. The van der Waals surface area contributed by atoms with Crippen LogP contribution in [0.3, 0.4) is 0 Å². The normalized spacial score (nSPS) is 20.4. The summed E-state index contributed by atoms with van der Waals surface area (Å²) < 4.78 is 0. The van der Waals surface area contributed by atoms with Crippen molar-refractivity contribution >= 4 is 17.6 Å². The summed E-state index contributed by atoms with van der Waals surface area (Å²) >= 11 is 0. The van der Waals surface area contributed by atoms with Crippen LogP contribution in [0.15, 0.2) is 24.3 Å². The minimum Gasteiger partial charge on any atom is -0.481 e. The molecule has 0 spiro atoms. The number of hydrogen-bond donors (Lipinski definition) is 2. The average molecular weight is 304 g/mol. The van der Waals surface area contributed by atoms with Crippen LogP contribution >= 0.6 is 0 Å². The molecule has 1 aliphatic rings. The van der Waals surface area contributed by atoms with Crippen molar-refractivity contribution in [2.24, 2.45) is 5.92 Å². The van der Waals surface area contributed by atoms with E-state index in [1.807, 2.05) is 31.3 Å². The molecule has 1 aromatic rings. The van der Waals surface area contributed by atoms with Gasteiger partial charge >= 0.3 is 5.97 Å². The van der Waals surface area contributed by atoms with Gasteiger partial charge in [-0.25, -0.2) is 0 Å². The molecule has 0 radical (unpaired) electrons. The number of hydrogen-bond acceptors (Lipinski definition) is 3. The quantitative estimate of drug-likeness (QED) is 0.876. The van der Waals surface area contributed by atoms with Crippen molar-refractivity contribution in [1.29, 1.82) is 0 Å². The van der Waals surface area contributed by atoms with E-state index in [9.17, 15) is 9.59 Å². The summed E-state index contributed by atoms with van der Waals surface area (Å²) in [6.07, 6.45) is 3.64. The van der Waals surface area contributed by atoms with Gasteiger partial charge in [0.05, 0.1) is 12.0 Å². The van der Waals surface area contributed by atoms with Crippen LogP contribution in [0, 0.1) is 5.92 Å². The maximum atomic E-state index is 12.3. The van der Waals surface area contributed by atoms with Gasteiger partial charge in [-0.1, -0.05) is 25.5 Å². The van der Waals surface area contributed by atoms with E-state index in [2.05, 4.69) is 10.2 Å². The maximum Gasteiger partial charge on any atom is 0.306 e. The second-order valence-electron chi connectivity index (χ2n) is 6.12. The van der Waals surface area contributed by atoms with Crippen LogP contribution in [-0.4, -0.2) is 41.5 Å². The third kappa shape index (κ3) is 4.31. The van der Waals surface area contributed by atoms with Gasteiger partial charge in [0, 0.05) is 5.69 Å². The number of rotatable bonds is 5. The topological polar surface area (TPSA) is 69.6 Å². The van der Waals surface area contributed by atoms with Crippen LogP contribution < -0.4 is 5.32 Å². The van der Waals surface area contributed by atoms with Gasteiger partial charge in [-0.05, 0) is 50.6 Å². The predicted molar refractivity (Wildman–Crippen MR) is 85.8 cm³/mol. The number of carboxylic acids is 1. The Hall–Kier alpha value is -1.88. The van der Waals surface area contributed by atoms with E-state index in [-0.39, 0.29) is 11.9 Å². The van der Waals surface area contributed by atoms with Crippen molar-refractivity contribution in [2.45, 2.75) is 38.6 Å². The van der Waals surface area contributed by atoms with Gasteiger partial charge in [-0.3, -0.25) is 14.5 Å². The standard InChI is InChI=1S/C17H24N2O3/c1-12(17(21)22)11-13-6-8-14(9-7-13)18-16(20)15-5-3-4-10-19(15)2/h6-9,12,15H,3-5,10-11H2,1-2H3,(H,18,20)(H,21,22)/t12?,15-/m0/s1. The molecule has 120 valence electrons. The number of piperidine rings is 1. The minimum absolute atomic E-state index is 0.0360. The number of carbonyl (C=O) groups excluding carboxylic acids is 1. The summed E-state index contributed by atoms with van der Waals surface area (Å²) in [6.45, 7) is 2.65. The molecule has 2 atom stereocenters. The zero-order chi connectivity index (χ0) is 16.1. The highest BCUT2D eigenvalue weighted by molar-refractivity contribution is 5.94. The largest absolute Gasteiger partial charge is 0.481 e. The molecule has 5 heteroatoms. The van der Waals surface area contributed by atoms with E-state index in [0.717, 1.165) is 37.1 Å². The summed E-state index contributed by atoms with van der Waals surface area (Å²) in [7, 11) is 1.99. The van der Waals surface area contributed by atoms with Crippen LogP contribution in [-0.2, 0) is 16.0 Å². The van der Waals surface area contributed by atoms with Crippen LogP contribution in [0.5, 0.6) is 0 Å². The Bertz CT molecular complexity index is 527. The molecule has 0 saturated carbocycles. The molecule has 1 saturated heterocycles. The summed E-state index contributed by atoms with van der Waals surface area (Å²) in [5.74, 6) is -1.16. The van der Waals surface area contributed by atoms with E-state index >= 15 is 0 Å². The van der Waals surface area contributed by atoms with E-state index in [1.165, 1.54) is 0 Å². The number of nitrogens with zero attached hydrogens (tertiary/aromatic N) is 1. The van der Waals surface area contributed by atoms with Gasteiger partial charge in [0.2, 0.25) is 5.91 Å². The van der Waals surface area contributed by atoms with Crippen molar-refractivity contribution in [3.05, 3.63) is 29.8 Å². The number of nitrogens with one attached hydrogen (secondary N) is 1. The monoisotopic (exact) mass is 304 g/mol. The highest BCUT2D eigenvalue weighted by Crippen LogP contribution is 2.18. The number of anilines is 1. The first-order valence-corrected chi connectivity index (χ1v) is 7.80. The Kier molecular flexibility index (Phi) is 5.55. The molecule has 0 aliphatic carbocycles. The third-order valence-corrected chi connectivity index (χ3v) is 4.26. The van der Waals surface area contributed by atoms with Gasteiger partial charge < -0.3 is 10.4 Å². The second-order valence-corrected chi connectivity index (χ2v) is 6.12. The number of amides is 1. The number of benzene rings is 1. The van der Waals surface area contributed by atoms with Crippen LogP contribution in [0.1, 0.15) is 31.7 Å². The molecule has 1 aliphatic heterocycles. The molecule has 0 aromatic heterocycles. The van der Waals surface area contributed by atoms with Gasteiger partial charge in [0.15, 0.2) is 0 Å². The van der Waals surface area contributed by atoms with Gasteiger partial charge in [0.25, 0.3) is 0 Å². The summed E-state index contributed by atoms with van der Waals surface area (Å²) in [6, 6.07) is 7.37. The molecule has 1 aromatic carbocycles. The Labute approximate surface area is 131 Å². The molecular weight excluding hydrogens is 280 g/mol. The zero-order valence-electron chi connectivity index (χ0n) is 13.2. The fourth-order valence-corrected chi connectivity index (χ4v) is 2.80. The van der Waals surface area contributed by atoms with E-state index < -0.39 is 11.9 Å². The van der Waals surface area contributed by atoms with Crippen molar-refractivity contribution in [1.82, 2.24) is 4.90 Å². The highest BCUT2D eigenvalue weighted by atomic mass is 16.4. The van der Waals surface area contributed by atoms with Gasteiger partial charge in [0.1, 0.15) is 0 Å². The number of carboxylic acid groups (broad SMARTS) is 1. The second kappa shape index (κ2) is 7.40. The lowest BCUT2D eigenvalue weighted by molar-refractivity contribution is -0.141. The molecule has 1 fully saturated rings. The van der Waals surface area contributed by atoms with Gasteiger partial charge in [-0.2, -0.15) is 0 Å². The lowest BCUT2D eigenvalue weighted by atomic mass is 10.0. The first kappa shape index (κ1) is 16.5. The Morgan fingerprint density at radius 3 is 2.59 bits per heavy atom. The first-order chi connectivity index (χ1) is 10.5. The van der Waals surface area contributed by atoms with Crippen molar-refractivity contribution < 1.29 is 14.7 Å². The molecule has 2 N–H and O–H groups in total. The first-order valence-electron chi connectivity index (χ1n) is 7.80. The molecule has 2 rings (SSSR count). The molecular formula is C17H24N2O3. The van der Waals surface area contributed by atoms with Crippen molar-refractivity contribution in [3.63, 3.8) is 0 Å². The highest BCUT2D eigenvalue weighted by Gasteiger charge is 2.25. The molecule has 1 heterocycles. The van der Waals surface area contributed by atoms with Crippen molar-refractivity contribution in [3.8, 4) is 0 Å². The zero-order valence-corrected chi connectivity index (χ0v) is 13.2. The van der Waals surface area contributed by atoms with E-state index in [1.54, 1.807) is 6.92 Å². The minimum atomic E-state index is -0.794. The van der Waals surface area contributed by atoms with Crippen LogP contribution in [0.4, 0.5) is 5.69 Å². The predicted octanol–water partition coefficient (Wildman–Crippen LogP) is 2.37. The summed E-state index contributed by atoms with van der Waals surface area (Å²) in [4.78, 5) is 25.3. The lowest BCUT2D eigenvalue weighted by Gasteiger charge is -2.31. The molecule has 0 bridgehead atoms. The van der Waals surface area contributed by atoms with E-state index in [0.29, 0.717) is 6.42 Å². The maximum absolute atomic E-state index is 12.3. The number of aliphatic carboxylic acids is 1. The number of carbonyl (C=O) groups is 2. The molecule has 22 heavy (non-hydrogen) atoms. The fraction of sp³-hybridized carbons (Fsp3) is 0.529. The SMILES string of the molecule is CC(Cc1ccc(NC(=O)[C@@H]2CCCCN2C)cc1)C(=O)O. The Balaban J connectivity index is 1.93. The summed E-state index contributed by atoms with van der Waals surface area (Å²) in [5.41, 5.74) is 1.72. The third-order valence-electron chi connectivity index (χ3n) is 4.26. The van der Waals surface area contributed by atoms with Gasteiger partial charge in [-0.15, -0.1) is 0 Å². The molecule has 5 nitrogen and oxygen atoms in total. The Morgan fingerprint density at radius 2 is 2.00 bits per heavy atom. The lowest BCUT2D eigenvalue weighted by Crippen LogP contribution is -2.44. The van der Waals surface area contributed by atoms with Crippen molar-refractivity contribution in [2.75, 3.05) is 18.9 Å².